The number of nitrogens with zero attached hydrogens (tertiary/aromatic N) is 2. The van der Waals surface area contributed by atoms with E-state index in [0.29, 0.717) is 24.6 Å². The Morgan fingerprint density at radius 3 is 2.62 bits per heavy atom. The first-order valence-corrected chi connectivity index (χ1v) is 7.51. The molecule has 0 radical (unpaired) electrons. The SMILES string of the molecule is NC(=O)CC1CCN(CCCn2cc(N)ccc2=O)CC1. The quantitative estimate of drug-likeness (QED) is 0.794. The molecule has 0 spiro atoms. The van der Waals surface area contributed by atoms with E-state index in [1.807, 2.05) is 0 Å². The number of nitrogens with two attached hydrogens (primary N) is 2. The normalized spacial score (nSPS) is 17.0. The number of piperidine rings is 1. The molecule has 2 heterocycles. The number of primary amides is 1. The van der Waals surface area contributed by atoms with Crippen LogP contribution >= 0.6 is 0 Å². The largest absolute Gasteiger partial charge is 0.398 e. The van der Waals surface area contributed by atoms with Gasteiger partial charge in [0.25, 0.3) is 5.56 Å². The molecule has 0 unspecified atom stereocenters. The number of carbonyl (C=O) groups excluding carboxylic acids is 1. The molecule has 116 valence electrons. The number of anilines is 1. The molecule has 6 heteroatoms. The van der Waals surface area contributed by atoms with Crippen molar-refractivity contribution in [1.82, 2.24) is 9.47 Å². The van der Waals surface area contributed by atoms with Crippen molar-refractivity contribution in [1.29, 1.82) is 0 Å². The van der Waals surface area contributed by atoms with E-state index in [2.05, 4.69) is 4.90 Å². The van der Waals surface area contributed by atoms with Crippen LogP contribution in [0.5, 0.6) is 0 Å². The van der Waals surface area contributed by atoms with Crippen molar-refractivity contribution in [2.45, 2.75) is 32.2 Å². The average Bonchev–Trinajstić information content (AvgIpc) is 2.44. The van der Waals surface area contributed by atoms with Gasteiger partial charge >= 0.3 is 0 Å². The van der Waals surface area contributed by atoms with Crippen LogP contribution in [0.3, 0.4) is 0 Å². The van der Waals surface area contributed by atoms with Gasteiger partial charge in [0.1, 0.15) is 0 Å². The summed E-state index contributed by atoms with van der Waals surface area (Å²) in [4.78, 5) is 24.9. The zero-order chi connectivity index (χ0) is 15.2. The van der Waals surface area contributed by atoms with Gasteiger partial charge in [0.05, 0.1) is 0 Å². The van der Waals surface area contributed by atoms with Crippen LogP contribution in [0.4, 0.5) is 5.69 Å². The molecule has 1 aromatic heterocycles. The number of nitrogen functional groups attached to an aromatic ring is 1. The zero-order valence-electron chi connectivity index (χ0n) is 12.3. The van der Waals surface area contributed by atoms with Gasteiger partial charge in [-0.2, -0.15) is 0 Å². The van der Waals surface area contributed by atoms with E-state index in [4.69, 9.17) is 11.5 Å². The van der Waals surface area contributed by atoms with Crippen molar-refractivity contribution in [2.75, 3.05) is 25.4 Å². The number of amides is 1. The second-order valence-electron chi connectivity index (χ2n) is 5.80. The van der Waals surface area contributed by atoms with Crippen LogP contribution in [0, 0.1) is 5.92 Å². The summed E-state index contributed by atoms with van der Waals surface area (Å²) in [5.74, 6) is 0.241. The first kappa shape index (κ1) is 15.6. The Kier molecular flexibility index (Phi) is 5.38. The summed E-state index contributed by atoms with van der Waals surface area (Å²) in [5.41, 5.74) is 11.5. The van der Waals surface area contributed by atoms with Crippen LogP contribution in [-0.2, 0) is 11.3 Å². The van der Waals surface area contributed by atoms with E-state index in [0.717, 1.165) is 38.9 Å². The maximum absolute atomic E-state index is 11.6. The Morgan fingerprint density at radius 2 is 1.95 bits per heavy atom. The van der Waals surface area contributed by atoms with Crippen LogP contribution in [0.1, 0.15) is 25.7 Å². The van der Waals surface area contributed by atoms with Crippen molar-refractivity contribution in [3.05, 3.63) is 28.7 Å². The number of aryl methyl sites for hydroxylation is 1. The highest BCUT2D eigenvalue weighted by atomic mass is 16.1. The van der Waals surface area contributed by atoms with Crippen LogP contribution in [0.15, 0.2) is 23.1 Å². The fourth-order valence-electron chi connectivity index (χ4n) is 2.89. The minimum atomic E-state index is -0.200. The summed E-state index contributed by atoms with van der Waals surface area (Å²) >= 11 is 0. The summed E-state index contributed by atoms with van der Waals surface area (Å²) in [6.45, 7) is 3.66. The number of rotatable bonds is 6. The maximum Gasteiger partial charge on any atom is 0.250 e. The van der Waals surface area contributed by atoms with Crippen LogP contribution in [-0.4, -0.2) is 35.0 Å². The third kappa shape index (κ3) is 4.90. The number of aromatic nitrogens is 1. The fourth-order valence-corrected chi connectivity index (χ4v) is 2.89. The number of hydrogen-bond donors (Lipinski definition) is 2. The maximum atomic E-state index is 11.6. The van der Waals surface area contributed by atoms with E-state index in [9.17, 15) is 9.59 Å². The smallest absolute Gasteiger partial charge is 0.250 e. The first-order chi connectivity index (χ1) is 10.0. The van der Waals surface area contributed by atoms with Gasteiger partial charge in [-0.1, -0.05) is 0 Å². The first-order valence-electron chi connectivity index (χ1n) is 7.51. The van der Waals surface area contributed by atoms with Crippen molar-refractivity contribution in [3.8, 4) is 0 Å². The zero-order valence-corrected chi connectivity index (χ0v) is 12.3. The molecule has 2 rings (SSSR count). The molecule has 0 aliphatic carbocycles. The number of likely N-dealkylation sites (tertiary alicyclic amines) is 1. The minimum absolute atomic E-state index is 0.00985. The van der Waals surface area contributed by atoms with Gasteiger partial charge in [-0.15, -0.1) is 0 Å². The highest BCUT2D eigenvalue weighted by molar-refractivity contribution is 5.73. The Hall–Kier alpha value is -1.82. The van der Waals surface area contributed by atoms with Gasteiger partial charge < -0.3 is 20.9 Å². The Morgan fingerprint density at radius 1 is 1.24 bits per heavy atom. The summed E-state index contributed by atoms with van der Waals surface area (Å²) < 4.78 is 1.66. The number of hydrogen-bond acceptors (Lipinski definition) is 4. The average molecular weight is 292 g/mol. The lowest BCUT2D eigenvalue weighted by Crippen LogP contribution is -2.36. The molecule has 21 heavy (non-hydrogen) atoms. The van der Waals surface area contributed by atoms with Crippen molar-refractivity contribution < 1.29 is 4.79 Å². The van der Waals surface area contributed by atoms with Crippen molar-refractivity contribution >= 4 is 11.6 Å². The number of pyridine rings is 1. The highest BCUT2D eigenvalue weighted by Crippen LogP contribution is 2.20. The molecule has 4 N–H and O–H groups in total. The van der Waals surface area contributed by atoms with E-state index >= 15 is 0 Å². The molecule has 1 fully saturated rings. The topological polar surface area (TPSA) is 94.3 Å². The lowest BCUT2D eigenvalue weighted by atomic mass is 9.93. The monoisotopic (exact) mass is 292 g/mol. The second kappa shape index (κ2) is 7.26. The minimum Gasteiger partial charge on any atom is -0.398 e. The van der Waals surface area contributed by atoms with Gasteiger partial charge in [-0.25, -0.2) is 0 Å². The lowest BCUT2D eigenvalue weighted by molar-refractivity contribution is -0.119. The molecule has 1 aromatic rings. The van der Waals surface area contributed by atoms with Crippen LogP contribution in [0.25, 0.3) is 0 Å². The van der Waals surface area contributed by atoms with E-state index < -0.39 is 0 Å². The van der Waals surface area contributed by atoms with E-state index in [1.165, 1.54) is 6.07 Å². The molecular formula is C15H24N4O2. The Balaban J connectivity index is 1.71. The van der Waals surface area contributed by atoms with Crippen molar-refractivity contribution in [2.24, 2.45) is 11.7 Å². The molecule has 0 atom stereocenters. The van der Waals surface area contributed by atoms with Gasteiger partial charge in [0.15, 0.2) is 0 Å². The summed E-state index contributed by atoms with van der Waals surface area (Å²) in [6, 6.07) is 3.13. The highest BCUT2D eigenvalue weighted by Gasteiger charge is 2.20. The standard InChI is InChI=1S/C15H24N4O2/c16-13-2-3-15(21)19(11-13)7-1-6-18-8-4-12(5-9-18)10-14(17)20/h2-3,11-12H,1,4-10,16H2,(H2,17,20). The van der Waals surface area contributed by atoms with E-state index in [-0.39, 0.29) is 11.5 Å². The predicted octanol–water partition coefficient (Wildman–Crippen LogP) is 0.408. The molecule has 0 aromatic carbocycles. The van der Waals surface area contributed by atoms with E-state index in [1.54, 1.807) is 16.8 Å². The van der Waals surface area contributed by atoms with Crippen molar-refractivity contribution in [3.63, 3.8) is 0 Å². The van der Waals surface area contributed by atoms with Crippen LogP contribution in [0.2, 0.25) is 0 Å². The Labute approximate surface area is 124 Å². The lowest BCUT2D eigenvalue weighted by Gasteiger charge is -2.31. The summed E-state index contributed by atoms with van der Waals surface area (Å²) in [7, 11) is 0. The summed E-state index contributed by atoms with van der Waals surface area (Å²) in [5, 5.41) is 0. The number of carbonyl (C=O) groups is 1. The predicted molar refractivity (Wildman–Crippen MR) is 82.7 cm³/mol. The third-order valence-electron chi connectivity index (χ3n) is 4.08. The molecule has 0 saturated carbocycles. The Bertz CT molecular complexity index is 533. The molecule has 1 aliphatic heterocycles. The van der Waals surface area contributed by atoms with Crippen LogP contribution < -0.4 is 17.0 Å². The van der Waals surface area contributed by atoms with Gasteiger partial charge in [-0.05, 0) is 50.9 Å². The molecule has 6 nitrogen and oxygen atoms in total. The second-order valence-corrected chi connectivity index (χ2v) is 5.80. The molecule has 1 saturated heterocycles. The molecular weight excluding hydrogens is 268 g/mol. The van der Waals surface area contributed by atoms with Gasteiger partial charge in [0, 0.05) is 30.9 Å². The summed E-state index contributed by atoms with van der Waals surface area (Å²) in [6.07, 6.45) is 5.18. The third-order valence-corrected chi connectivity index (χ3v) is 4.08. The van der Waals surface area contributed by atoms with Gasteiger partial charge in [0.2, 0.25) is 5.91 Å². The molecule has 1 aliphatic rings. The fraction of sp³-hybridized carbons (Fsp3) is 0.600. The molecule has 0 bridgehead atoms. The molecule has 1 amide bonds. The van der Waals surface area contributed by atoms with Gasteiger partial charge in [-0.3, -0.25) is 9.59 Å².